The lowest BCUT2D eigenvalue weighted by Gasteiger charge is -2.10. The van der Waals surface area contributed by atoms with Gasteiger partial charge in [0.05, 0.1) is 17.3 Å². The first kappa shape index (κ1) is 16.5. The molecule has 0 fully saturated rings. The Bertz CT molecular complexity index is 788. The van der Waals surface area contributed by atoms with Gasteiger partial charge in [0.1, 0.15) is 0 Å². The smallest absolute Gasteiger partial charge is 0.0991 e. The molecular weight excluding hydrogens is 360 g/mol. The number of allylic oxidation sites excluding steroid dienone is 1. The maximum atomic E-state index is 8.97. The highest BCUT2D eigenvalue weighted by molar-refractivity contribution is 9.10. The molecule has 0 spiro atoms. The highest BCUT2D eigenvalue weighted by Crippen LogP contribution is 2.34. The van der Waals surface area contributed by atoms with E-state index in [4.69, 9.17) is 16.9 Å². The fraction of sp³-hybridized carbons (Fsp3) is 0.111. The topological polar surface area (TPSA) is 36.1 Å². The number of halogens is 2. The molecule has 0 saturated carbocycles. The Hall–Kier alpha value is -1.89. The van der Waals surface area contributed by atoms with Crippen molar-refractivity contribution < 1.29 is 0 Å². The lowest BCUT2D eigenvalue weighted by atomic mass is 10.0. The molecule has 0 radical (unpaired) electrons. The molecule has 2 aromatic rings. The minimum absolute atomic E-state index is 0.650. The van der Waals surface area contributed by atoms with Crippen molar-refractivity contribution in [1.29, 1.82) is 5.26 Å². The number of hydrogen-bond donors (Lipinski definition) is 0. The van der Waals surface area contributed by atoms with Gasteiger partial charge in [-0.05, 0) is 61.5 Å². The number of hydrogen-bond acceptors (Lipinski definition) is 2. The molecule has 22 heavy (non-hydrogen) atoms. The predicted molar refractivity (Wildman–Crippen MR) is 96.7 cm³/mol. The minimum atomic E-state index is 0.650. The standard InChI is InChI=1S/C18H14BrClN2/c1-12(8-13-4-3-5-14(9-13)11-21)18(20)16-10-15(19)6-7-17(16)22-2/h3-7,9-10H,2,8H2,1H3/b18-12-. The summed E-state index contributed by atoms with van der Waals surface area (Å²) in [5.41, 5.74) is 4.31. The summed E-state index contributed by atoms with van der Waals surface area (Å²) in [6.07, 6.45) is 0.678. The van der Waals surface area contributed by atoms with Crippen LogP contribution in [-0.2, 0) is 6.42 Å². The summed E-state index contributed by atoms with van der Waals surface area (Å²) in [4.78, 5) is 4.02. The predicted octanol–water partition coefficient (Wildman–Crippen LogP) is 5.87. The summed E-state index contributed by atoms with van der Waals surface area (Å²) in [5, 5.41) is 9.63. The van der Waals surface area contributed by atoms with E-state index in [9.17, 15) is 0 Å². The molecule has 2 nitrogen and oxygen atoms in total. The molecule has 0 unspecified atom stereocenters. The molecule has 4 heteroatoms. The molecule has 110 valence electrons. The highest BCUT2D eigenvalue weighted by Gasteiger charge is 2.10. The molecule has 2 rings (SSSR count). The van der Waals surface area contributed by atoms with Crippen LogP contribution in [0.1, 0.15) is 23.6 Å². The van der Waals surface area contributed by atoms with E-state index in [1.807, 2.05) is 43.3 Å². The van der Waals surface area contributed by atoms with Crippen molar-refractivity contribution in [1.82, 2.24) is 0 Å². The second-order valence-electron chi connectivity index (χ2n) is 4.90. The van der Waals surface area contributed by atoms with Crippen LogP contribution < -0.4 is 0 Å². The summed E-state index contributed by atoms with van der Waals surface area (Å²) < 4.78 is 0.937. The van der Waals surface area contributed by atoms with Gasteiger partial charge in [-0.2, -0.15) is 5.26 Å². The van der Waals surface area contributed by atoms with Crippen molar-refractivity contribution in [2.75, 3.05) is 0 Å². The normalized spacial score (nSPS) is 11.5. The first-order chi connectivity index (χ1) is 10.5. The van der Waals surface area contributed by atoms with E-state index in [1.54, 1.807) is 6.07 Å². The van der Waals surface area contributed by atoms with Crippen LogP contribution in [0.2, 0.25) is 0 Å². The Kier molecular flexibility index (Phi) is 5.54. The van der Waals surface area contributed by atoms with Crippen LogP contribution in [0, 0.1) is 11.3 Å². The van der Waals surface area contributed by atoms with E-state index in [1.165, 1.54) is 0 Å². The Morgan fingerprint density at radius 1 is 1.32 bits per heavy atom. The number of benzene rings is 2. The average Bonchev–Trinajstić information content (AvgIpc) is 2.54. The lowest BCUT2D eigenvalue weighted by Crippen LogP contribution is -1.91. The molecule has 0 aliphatic carbocycles. The molecule has 0 bridgehead atoms. The third-order valence-electron chi connectivity index (χ3n) is 3.27. The quantitative estimate of drug-likeness (QED) is 0.618. The first-order valence-corrected chi connectivity index (χ1v) is 7.83. The zero-order valence-electron chi connectivity index (χ0n) is 12.1. The van der Waals surface area contributed by atoms with Gasteiger partial charge in [-0.25, -0.2) is 0 Å². The third-order valence-corrected chi connectivity index (χ3v) is 4.28. The van der Waals surface area contributed by atoms with Crippen molar-refractivity contribution in [3.63, 3.8) is 0 Å². The molecule has 0 N–H and O–H groups in total. The largest absolute Gasteiger partial charge is 0.264 e. The number of nitriles is 1. The number of nitrogens with zero attached hydrogens (tertiary/aromatic N) is 2. The van der Waals surface area contributed by atoms with Crippen molar-refractivity contribution >= 4 is 45.0 Å². The van der Waals surface area contributed by atoms with Crippen LogP contribution in [0.25, 0.3) is 5.03 Å². The summed E-state index contributed by atoms with van der Waals surface area (Å²) in [5.74, 6) is 0. The van der Waals surface area contributed by atoms with Crippen molar-refractivity contribution in [3.05, 3.63) is 69.2 Å². The fourth-order valence-corrected chi connectivity index (χ4v) is 2.77. The monoisotopic (exact) mass is 372 g/mol. The SMILES string of the molecule is C=Nc1ccc(Br)cc1/C(Cl)=C(\C)Cc1cccc(C#N)c1. The van der Waals surface area contributed by atoms with Gasteiger partial charge in [0.15, 0.2) is 0 Å². The van der Waals surface area contributed by atoms with Crippen LogP contribution >= 0.6 is 27.5 Å². The zero-order valence-corrected chi connectivity index (χ0v) is 14.4. The van der Waals surface area contributed by atoms with E-state index in [2.05, 4.69) is 33.7 Å². The number of aliphatic imine (C=N–C) groups is 1. The van der Waals surface area contributed by atoms with Gasteiger partial charge in [-0.15, -0.1) is 0 Å². The van der Waals surface area contributed by atoms with E-state index < -0.39 is 0 Å². The van der Waals surface area contributed by atoms with E-state index in [0.717, 1.165) is 26.9 Å². The van der Waals surface area contributed by atoms with Crippen molar-refractivity contribution in [2.45, 2.75) is 13.3 Å². The van der Waals surface area contributed by atoms with E-state index >= 15 is 0 Å². The molecule has 0 atom stereocenters. The van der Waals surface area contributed by atoms with Crippen molar-refractivity contribution in [2.24, 2.45) is 4.99 Å². The van der Waals surface area contributed by atoms with Gasteiger partial charge in [-0.3, -0.25) is 4.99 Å². The first-order valence-electron chi connectivity index (χ1n) is 6.66. The third kappa shape index (κ3) is 3.85. The van der Waals surface area contributed by atoms with E-state index in [0.29, 0.717) is 17.0 Å². The van der Waals surface area contributed by atoms with Crippen LogP contribution in [-0.4, -0.2) is 6.72 Å². The Labute approximate surface area is 143 Å². The summed E-state index contributed by atoms with van der Waals surface area (Å²) >= 11 is 9.99. The second kappa shape index (κ2) is 7.40. The Morgan fingerprint density at radius 2 is 2.09 bits per heavy atom. The van der Waals surface area contributed by atoms with Gasteiger partial charge in [-0.1, -0.05) is 39.7 Å². The molecule has 0 aliphatic heterocycles. The van der Waals surface area contributed by atoms with Gasteiger partial charge in [0.25, 0.3) is 0 Å². The summed E-state index contributed by atoms with van der Waals surface area (Å²) in [6.45, 7) is 5.57. The fourth-order valence-electron chi connectivity index (χ4n) is 2.19. The maximum Gasteiger partial charge on any atom is 0.0991 e. The summed E-state index contributed by atoms with van der Waals surface area (Å²) in [7, 11) is 0. The molecule has 0 aliphatic rings. The molecule has 0 aromatic heterocycles. The highest BCUT2D eigenvalue weighted by atomic mass is 79.9. The minimum Gasteiger partial charge on any atom is -0.264 e. The second-order valence-corrected chi connectivity index (χ2v) is 6.20. The molecule has 0 heterocycles. The Balaban J connectivity index is 2.39. The summed E-state index contributed by atoms with van der Waals surface area (Å²) in [6, 6.07) is 15.4. The van der Waals surface area contributed by atoms with E-state index in [-0.39, 0.29) is 0 Å². The Morgan fingerprint density at radius 3 is 2.77 bits per heavy atom. The molecule has 0 saturated heterocycles. The van der Waals surface area contributed by atoms with Crippen LogP contribution in [0.15, 0.2) is 57.5 Å². The zero-order chi connectivity index (χ0) is 16.1. The molecular formula is C18H14BrClN2. The van der Waals surface area contributed by atoms with Crippen LogP contribution in [0.5, 0.6) is 0 Å². The maximum absolute atomic E-state index is 8.97. The number of rotatable bonds is 4. The average molecular weight is 374 g/mol. The van der Waals surface area contributed by atoms with Crippen molar-refractivity contribution in [3.8, 4) is 6.07 Å². The van der Waals surface area contributed by atoms with Gasteiger partial charge < -0.3 is 0 Å². The van der Waals surface area contributed by atoms with Crippen LogP contribution in [0.4, 0.5) is 5.69 Å². The molecule has 2 aromatic carbocycles. The van der Waals surface area contributed by atoms with Gasteiger partial charge >= 0.3 is 0 Å². The van der Waals surface area contributed by atoms with Gasteiger partial charge in [0, 0.05) is 15.1 Å². The lowest BCUT2D eigenvalue weighted by molar-refractivity contribution is 1.15. The van der Waals surface area contributed by atoms with Gasteiger partial charge in [0.2, 0.25) is 0 Å². The van der Waals surface area contributed by atoms with Crippen LogP contribution in [0.3, 0.4) is 0 Å². The molecule has 0 amide bonds.